The first kappa shape index (κ1) is 17.9. The van der Waals surface area contributed by atoms with Crippen molar-refractivity contribution in [3.05, 3.63) is 79.2 Å². The number of hydrogen-bond donors (Lipinski definition) is 2. The highest BCUT2D eigenvalue weighted by Gasteiger charge is 2.16. The molecule has 0 fully saturated rings. The Morgan fingerprint density at radius 2 is 1.82 bits per heavy atom. The van der Waals surface area contributed by atoms with Crippen LogP contribution in [-0.4, -0.2) is 24.4 Å². The first-order valence-electron chi connectivity index (χ1n) is 7.82. The number of H-pyrrole nitrogens is 1. The maximum Gasteiger partial charge on any atom is 0.349 e. The van der Waals surface area contributed by atoms with Gasteiger partial charge < -0.3 is 9.67 Å². The molecule has 0 unspecified atom stereocenters. The van der Waals surface area contributed by atoms with Crippen LogP contribution in [0, 0.1) is 11.3 Å². The van der Waals surface area contributed by atoms with E-state index in [9.17, 15) is 14.7 Å². The number of phenolic OH excluding ortho intramolecular Hbond substituents is 1. The molecule has 28 heavy (non-hydrogen) atoms. The molecule has 0 radical (unpaired) electrons. The summed E-state index contributed by atoms with van der Waals surface area (Å²) >= 11 is 12.9. The Morgan fingerprint density at radius 1 is 1.11 bits per heavy atom. The van der Waals surface area contributed by atoms with Crippen molar-refractivity contribution >= 4 is 34.1 Å². The van der Waals surface area contributed by atoms with Crippen molar-refractivity contribution in [2.24, 2.45) is 0 Å². The highest BCUT2D eigenvalue weighted by Crippen LogP contribution is 2.34. The van der Waals surface area contributed by atoms with Gasteiger partial charge in [-0.3, -0.25) is 9.78 Å². The molecule has 2 heterocycles. The number of aromatic amines is 1. The number of aromatic nitrogens is 4. The summed E-state index contributed by atoms with van der Waals surface area (Å²) in [7, 11) is 0. The summed E-state index contributed by atoms with van der Waals surface area (Å²) in [6.45, 7) is 0. The van der Waals surface area contributed by atoms with E-state index in [1.54, 1.807) is 35.0 Å². The van der Waals surface area contributed by atoms with E-state index in [4.69, 9.17) is 28.5 Å². The van der Waals surface area contributed by atoms with Crippen molar-refractivity contribution in [1.29, 1.82) is 5.26 Å². The van der Waals surface area contributed by atoms with E-state index in [1.807, 2.05) is 11.1 Å². The third-order valence-corrected chi connectivity index (χ3v) is 4.67. The molecule has 0 bridgehead atoms. The second kappa shape index (κ2) is 6.56. The minimum absolute atomic E-state index is 0.0874. The van der Waals surface area contributed by atoms with Crippen LogP contribution >= 0.6 is 23.2 Å². The van der Waals surface area contributed by atoms with E-state index in [2.05, 4.69) is 5.10 Å². The van der Waals surface area contributed by atoms with E-state index in [0.717, 1.165) is 10.1 Å². The van der Waals surface area contributed by atoms with Crippen LogP contribution in [0.15, 0.2) is 52.2 Å². The van der Waals surface area contributed by atoms with E-state index >= 15 is 0 Å². The second-order valence-corrected chi connectivity index (χ2v) is 6.63. The highest BCUT2D eigenvalue weighted by molar-refractivity contribution is 6.38. The number of nitrogens with one attached hydrogen (secondary N) is 1. The minimum atomic E-state index is -0.879. The fourth-order valence-electron chi connectivity index (χ4n) is 2.86. The van der Waals surface area contributed by atoms with Gasteiger partial charge in [-0.2, -0.15) is 9.94 Å². The number of nitriles is 1. The standard InChI is InChI=1S/C18H9Cl2N5O3/c19-12-5-10(25-18(28)22-17(27)14(8-21)23-25)6-13(20)16(12)24-4-3-9-1-2-11(26)7-15(9)24/h1-7,26H,(H,22,27,28). The van der Waals surface area contributed by atoms with Crippen molar-refractivity contribution in [2.45, 2.75) is 0 Å². The van der Waals surface area contributed by atoms with Crippen LogP contribution in [-0.2, 0) is 0 Å². The lowest BCUT2D eigenvalue weighted by Gasteiger charge is -2.13. The number of halogens is 2. The van der Waals surface area contributed by atoms with Crippen LogP contribution in [0.1, 0.15) is 5.69 Å². The Hall–Kier alpha value is -3.54. The molecule has 2 aromatic carbocycles. The van der Waals surface area contributed by atoms with Crippen LogP contribution in [0.4, 0.5) is 0 Å². The fraction of sp³-hybridized carbons (Fsp3) is 0. The lowest BCUT2D eigenvalue weighted by molar-refractivity contribution is 0.476. The van der Waals surface area contributed by atoms with Gasteiger partial charge in [0.05, 0.1) is 26.9 Å². The molecule has 0 amide bonds. The number of nitrogens with zero attached hydrogens (tertiary/aromatic N) is 4. The molecule has 138 valence electrons. The van der Waals surface area contributed by atoms with Gasteiger partial charge in [0.15, 0.2) is 0 Å². The predicted molar refractivity (Wildman–Crippen MR) is 104 cm³/mol. The maximum atomic E-state index is 12.1. The number of benzene rings is 2. The number of hydrogen-bond acceptors (Lipinski definition) is 5. The molecule has 0 saturated carbocycles. The second-order valence-electron chi connectivity index (χ2n) is 5.82. The molecule has 4 aromatic rings. The van der Waals surface area contributed by atoms with Gasteiger partial charge in [0, 0.05) is 17.6 Å². The Balaban J connectivity index is 1.93. The fourth-order valence-corrected chi connectivity index (χ4v) is 3.52. The molecule has 4 rings (SSSR count). The molecule has 0 aliphatic heterocycles. The summed E-state index contributed by atoms with van der Waals surface area (Å²) < 4.78 is 2.54. The SMILES string of the molecule is N#Cc1nn(-c2cc(Cl)c(-n3ccc4ccc(O)cc43)c(Cl)c2)c(=O)[nH]c1=O. The van der Waals surface area contributed by atoms with Crippen molar-refractivity contribution < 1.29 is 5.11 Å². The summed E-state index contributed by atoms with van der Waals surface area (Å²) in [5.41, 5.74) is -0.886. The minimum Gasteiger partial charge on any atom is -0.508 e. The molecule has 0 atom stereocenters. The highest BCUT2D eigenvalue weighted by atomic mass is 35.5. The average molecular weight is 414 g/mol. The van der Waals surface area contributed by atoms with Gasteiger partial charge >= 0.3 is 5.69 Å². The Kier molecular flexibility index (Phi) is 4.19. The zero-order valence-corrected chi connectivity index (χ0v) is 15.4. The van der Waals surface area contributed by atoms with Crippen molar-refractivity contribution in [1.82, 2.24) is 19.3 Å². The molecule has 0 aliphatic rings. The van der Waals surface area contributed by atoms with Crippen LogP contribution in [0.5, 0.6) is 5.75 Å². The van der Waals surface area contributed by atoms with Crippen LogP contribution in [0.25, 0.3) is 22.3 Å². The lowest BCUT2D eigenvalue weighted by atomic mass is 10.2. The molecule has 0 saturated heterocycles. The van der Waals surface area contributed by atoms with Gasteiger partial charge in [0.2, 0.25) is 5.69 Å². The number of phenols is 1. The maximum absolute atomic E-state index is 12.1. The zero-order chi connectivity index (χ0) is 20.0. The Morgan fingerprint density at radius 3 is 2.50 bits per heavy atom. The lowest BCUT2D eigenvalue weighted by Crippen LogP contribution is -2.33. The molecule has 2 N–H and O–H groups in total. The Labute approximate surface area is 166 Å². The van der Waals surface area contributed by atoms with Crippen molar-refractivity contribution in [3.63, 3.8) is 0 Å². The van der Waals surface area contributed by atoms with Crippen molar-refractivity contribution in [3.8, 4) is 23.2 Å². The van der Waals surface area contributed by atoms with Gasteiger partial charge in [-0.05, 0) is 30.3 Å². The monoisotopic (exact) mass is 413 g/mol. The van der Waals surface area contributed by atoms with E-state index in [0.29, 0.717) is 11.2 Å². The third kappa shape index (κ3) is 2.83. The number of aromatic hydroxyl groups is 1. The van der Waals surface area contributed by atoms with E-state index in [1.165, 1.54) is 12.1 Å². The normalized spacial score (nSPS) is 10.9. The summed E-state index contributed by atoms with van der Waals surface area (Å²) in [6, 6.07) is 11.2. The summed E-state index contributed by atoms with van der Waals surface area (Å²) in [5, 5.41) is 23.7. The summed E-state index contributed by atoms with van der Waals surface area (Å²) in [4.78, 5) is 25.6. The number of fused-ring (bicyclic) bond motifs is 1. The molecule has 2 aromatic heterocycles. The summed E-state index contributed by atoms with van der Waals surface area (Å²) in [6.07, 6.45) is 1.75. The average Bonchev–Trinajstić information content (AvgIpc) is 3.04. The molecule has 10 heteroatoms. The first-order chi connectivity index (χ1) is 13.4. The first-order valence-corrected chi connectivity index (χ1v) is 8.58. The third-order valence-electron chi connectivity index (χ3n) is 4.10. The van der Waals surface area contributed by atoms with Gasteiger partial charge in [-0.15, -0.1) is 5.10 Å². The van der Waals surface area contributed by atoms with Gasteiger partial charge in [0.25, 0.3) is 5.56 Å². The zero-order valence-electron chi connectivity index (χ0n) is 13.8. The summed E-state index contributed by atoms with van der Waals surface area (Å²) in [5.74, 6) is 0.0874. The Bertz CT molecular complexity index is 1390. The van der Waals surface area contributed by atoms with Gasteiger partial charge in [0.1, 0.15) is 11.8 Å². The smallest absolute Gasteiger partial charge is 0.349 e. The largest absolute Gasteiger partial charge is 0.508 e. The molecular formula is C18H9Cl2N5O3. The van der Waals surface area contributed by atoms with E-state index < -0.39 is 16.9 Å². The number of rotatable bonds is 2. The van der Waals surface area contributed by atoms with E-state index in [-0.39, 0.29) is 21.5 Å². The molecule has 0 spiro atoms. The quantitative estimate of drug-likeness (QED) is 0.523. The van der Waals surface area contributed by atoms with Crippen molar-refractivity contribution in [2.75, 3.05) is 0 Å². The van der Waals surface area contributed by atoms with Gasteiger partial charge in [-0.25, -0.2) is 4.79 Å². The topological polar surface area (TPSA) is 117 Å². The molecule has 0 aliphatic carbocycles. The van der Waals surface area contributed by atoms with Gasteiger partial charge in [-0.1, -0.05) is 23.2 Å². The molecular weight excluding hydrogens is 405 g/mol. The van der Waals surface area contributed by atoms with Crippen LogP contribution in [0.2, 0.25) is 10.0 Å². The predicted octanol–water partition coefficient (Wildman–Crippen LogP) is 2.75. The molecule has 8 nitrogen and oxygen atoms in total. The van der Waals surface area contributed by atoms with Crippen LogP contribution in [0.3, 0.4) is 0 Å². The van der Waals surface area contributed by atoms with Crippen LogP contribution < -0.4 is 11.2 Å².